The molecular formula is C14H12ClN3OS. The van der Waals surface area contributed by atoms with E-state index in [4.69, 9.17) is 16.0 Å². The fourth-order valence-corrected chi connectivity index (χ4v) is 2.70. The third kappa shape index (κ3) is 3.00. The van der Waals surface area contributed by atoms with E-state index in [1.54, 1.807) is 12.5 Å². The summed E-state index contributed by atoms with van der Waals surface area (Å²) < 4.78 is 5.92. The zero-order valence-corrected chi connectivity index (χ0v) is 12.3. The van der Waals surface area contributed by atoms with Gasteiger partial charge >= 0.3 is 0 Å². The third-order valence-electron chi connectivity index (χ3n) is 2.77. The topological polar surface area (TPSA) is 51.0 Å². The molecule has 2 aromatic heterocycles. The largest absolute Gasteiger partial charge is 0.449 e. The van der Waals surface area contributed by atoms with Gasteiger partial charge in [-0.1, -0.05) is 23.7 Å². The Morgan fingerprint density at radius 3 is 2.70 bits per heavy atom. The minimum atomic E-state index is 0.666. The van der Waals surface area contributed by atoms with E-state index in [0.717, 1.165) is 22.0 Å². The summed E-state index contributed by atoms with van der Waals surface area (Å²) in [6.07, 6.45) is 3.33. The molecule has 1 aromatic carbocycles. The Labute approximate surface area is 125 Å². The van der Waals surface area contributed by atoms with Crippen LogP contribution in [-0.2, 0) is 6.54 Å². The van der Waals surface area contributed by atoms with Crippen molar-refractivity contribution in [2.45, 2.75) is 13.5 Å². The highest BCUT2D eigenvalue weighted by Gasteiger charge is 2.04. The highest BCUT2D eigenvalue weighted by Crippen LogP contribution is 2.22. The number of anilines is 1. The maximum absolute atomic E-state index is 5.85. The summed E-state index contributed by atoms with van der Waals surface area (Å²) in [6.45, 7) is 2.50. The quantitative estimate of drug-likeness (QED) is 0.777. The summed E-state index contributed by atoms with van der Waals surface area (Å²) in [5, 5.41) is 4.27. The second-order valence-electron chi connectivity index (χ2n) is 4.24. The first-order valence-electron chi connectivity index (χ1n) is 6.07. The standard InChI is InChI=1S/C14H12ClN3OS/c1-9-18-12(8-19-9)10-2-4-11(5-3-10)16-7-14-17-6-13(15)20-14/h2-6,8,16H,7H2,1H3. The number of thiazole rings is 1. The van der Waals surface area contributed by atoms with Crippen molar-refractivity contribution in [1.82, 2.24) is 9.97 Å². The first kappa shape index (κ1) is 13.1. The molecule has 3 rings (SSSR count). The molecule has 102 valence electrons. The molecule has 0 unspecified atom stereocenters. The summed E-state index contributed by atoms with van der Waals surface area (Å²) in [7, 11) is 0. The SMILES string of the molecule is Cc1nc(-c2ccc(NCc3ncc(Cl)s3)cc2)co1. The minimum Gasteiger partial charge on any atom is -0.449 e. The molecule has 0 fully saturated rings. The highest BCUT2D eigenvalue weighted by molar-refractivity contribution is 7.15. The molecule has 0 amide bonds. The summed E-state index contributed by atoms with van der Waals surface area (Å²) in [5.74, 6) is 0.669. The van der Waals surface area contributed by atoms with Gasteiger partial charge in [-0.2, -0.15) is 0 Å². The van der Waals surface area contributed by atoms with Crippen LogP contribution in [0.4, 0.5) is 5.69 Å². The highest BCUT2D eigenvalue weighted by atomic mass is 35.5. The van der Waals surface area contributed by atoms with E-state index in [0.29, 0.717) is 16.8 Å². The Bertz CT molecular complexity index is 705. The Morgan fingerprint density at radius 1 is 1.30 bits per heavy atom. The van der Waals surface area contributed by atoms with Crippen molar-refractivity contribution in [3.05, 3.63) is 52.0 Å². The molecule has 0 atom stereocenters. The molecule has 0 aliphatic heterocycles. The lowest BCUT2D eigenvalue weighted by atomic mass is 10.1. The van der Waals surface area contributed by atoms with Crippen molar-refractivity contribution in [2.24, 2.45) is 0 Å². The number of aryl methyl sites for hydroxylation is 1. The molecule has 0 spiro atoms. The molecule has 0 aliphatic rings. The number of benzene rings is 1. The Balaban J connectivity index is 1.67. The van der Waals surface area contributed by atoms with Gasteiger partial charge in [-0.3, -0.25) is 0 Å². The monoisotopic (exact) mass is 305 g/mol. The number of halogens is 1. The van der Waals surface area contributed by atoms with Crippen molar-refractivity contribution in [3.63, 3.8) is 0 Å². The van der Waals surface area contributed by atoms with Crippen LogP contribution in [0, 0.1) is 6.92 Å². The van der Waals surface area contributed by atoms with Gasteiger partial charge in [0.1, 0.15) is 21.3 Å². The number of hydrogen-bond acceptors (Lipinski definition) is 5. The number of nitrogens with zero attached hydrogens (tertiary/aromatic N) is 2. The predicted molar refractivity (Wildman–Crippen MR) is 81.1 cm³/mol. The molecule has 1 N–H and O–H groups in total. The lowest BCUT2D eigenvalue weighted by Gasteiger charge is -2.04. The molecule has 20 heavy (non-hydrogen) atoms. The van der Waals surface area contributed by atoms with E-state index in [9.17, 15) is 0 Å². The van der Waals surface area contributed by atoms with Crippen LogP contribution in [0.25, 0.3) is 11.3 Å². The van der Waals surface area contributed by atoms with Crippen LogP contribution in [0.1, 0.15) is 10.9 Å². The first-order chi connectivity index (χ1) is 9.70. The van der Waals surface area contributed by atoms with E-state index in [1.807, 2.05) is 31.2 Å². The number of aromatic nitrogens is 2. The maximum Gasteiger partial charge on any atom is 0.191 e. The van der Waals surface area contributed by atoms with E-state index in [1.165, 1.54) is 11.3 Å². The van der Waals surface area contributed by atoms with Crippen LogP contribution in [-0.4, -0.2) is 9.97 Å². The Hall–Kier alpha value is -1.85. The van der Waals surface area contributed by atoms with Gasteiger partial charge < -0.3 is 9.73 Å². The average Bonchev–Trinajstić information content (AvgIpc) is 3.06. The van der Waals surface area contributed by atoms with Gasteiger partial charge in [0.05, 0.1) is 12.7 Å². The van der Waals surface area contributed by atoms with Crippen LogP contribution < -0.4 is 5.32 Å². The van der Waals surface area contributed by atoms with Crippen molar-refractivity contribution in [3.8, 4) is 11.3 Å². The lowest BCUT2D eigenvalue weighted by Crippen LogP contribution is -1.98. The van der Waals surface area contributed by atoms with Crippen molar-refractivity contribution < 1.29 is 4.42 Å². The molecule has 0 radical (unpaired) electrons. The average molecular weight is 306 g/mol. The van der Waals surface area contributed by atoms with Crippen molar-refractivity contribution >= 4 is 28.6 Å². The Kier molecular flexibility index (Phi) is 3.71. The molecule has 0 bridgehead atoms. The maximum atomic E-state index is 5.85. The van der Waals surface area contributed by atoms with E-state index >= 15 is 0 Å². The molecule has 0 saturated carbocycles. The summed E-state index contributed by atoms with van der Waals surface area (Å²) >= 11 is 7.32. The summed E-state index contributed by atoms with van der Waals surface area (Å²) in [5.41, 5.74) is 2.91. The van der Waals surface area contributed by atoms with Crippen LogP contribution in [0.3, 0.4) is 0 Å². The first-order valence-corrected chi connectivity index (χ1v) is 7.27. The molecule has 4 nitrogen and oxygen atoms in total. The van der Waals surface area contributed by atoms with Gasteiger partial charge in [0.25, 0.3) is 0 Å². The lowest BCUT2D eigenvalue weighted by molar-refractivity contribution is 0.521. The number of oxazole rings is 1. The Morgan fingerprint density at radius 2 is 2.10 bits per heavy atom. The molecule has 2 heterocycles. The molecule has 3 aromatic rings. The predicted octanol–water partition coefficient (Wildman–Crippen LogP) is 4.37. The van der Waals surface area contributed by atoms with Crippen LogP contribution >= 0.6 is 22.9 Å². The van der Waals surface area contributed by atoms with Crippen LogP contribution in [0.2, 0.25) is 4.34 Å². The van der Waals surface area contributed by atoms with Crippen molar-refractivity contribution in [1.29, 1.82) is 0 Å². The second kappa shape index (κ2) is 5.64. The van der Waals surface area contributed by atoms with Gasteiger partial charge in [0.2, 0.25) is 0 Å². The molecule has 6 heteroatoms. The summed E-state index contributed by atoms with van der Waals surface area (Å²) in [6, 6.07) is 8.03. The van der Waals surface area contributed by atoms with Crippen LogP contribution in [0.15, 0.2) is 41.1 Å². The zero-order valence-electron chi connectivity index (χ0n) is 10.8. The number of hydrogen-bond donors (Lipinski definition) is 1. The van der Waals surface area contributed by atoms with E-state index in [-0.39, 0.29) is 0 Å². The number of rotatable bonds is 4. The van der Waals surface area contributed by atoms with E-state index < -0.39 is 0 Å². The fourth-order valence-electron chi connectivity index (χ4n) is 1.80. The smallest absolute Gasteiger partial charge is 0.191 e. The second-order valence-corrected chi connectivity index (χ2v) is 5.99. The zero-order chi connectivity index (χ0) is 13.9. The normalized spacial score (nSPS) is 10.7. The third-order valence-corrected chi connectivity index (χ3v) is 3.88. The van der Waals surface area contributed by atoms with Crippen LogP contribution in [0.5, 0.6) is 0 Å². The molecule has 0 aliphatic carbocycles. The van der Waals surface area contributed by atoms with Gasteiger partial charge in [0.15, 0.2) is 5.89 Å². The van der Waals surface area contributed by atoms with Gasteiger partial charge in [-0.25, -0.2) is 9.97 Å². The van der Waals surface area contributed by atoms with E-state index in [2.05, 4.69) is 15.3 Å². The van der Waals surface area contributed by atoms with Gasteiger partial charge in [0, 0.05) is 18.2 Å². The van der Waals surface area contributed by atoms with Crippen molar-refractivity contribution in [2.75, 3.05) is 5.32 Å². The number of nitrogens with one attached hydrogen (secondary N) is 1. The summed E-state index contributed by atoms with van der Waals surface area (Å²) in [4.78, 5) is 8.50. The fraction of sp³-hybridized carbons (Fsp3) is 0.143. The molecule has 0 saturated heterocycles. The van der Waals surface area contributed by atoms with Gasteiger partial charge in [-0.15, -0.1) is 11.3 Å². The van der Waals surface area contributed by atoms with Gasteiger partial charge in [-0.05, 0) is 12.1 Å². The minimum absolute atomic E-state index is 0.666. The molecular weight excluding hydrogens is 294 g/mol.